The number of hydrogen-bond donors (Lipinski definition) is 1. The van der Waals surface area contributed by atoms with Crippen LogP contribution in [-0.2, 0) is 9.57 Å². The first kappa shape index (κ1) is 10.3. The average Bonchev–Trinajstić information content (AvgIpc) is 2.16. The third-order valence-electron chi connectivity index (χ3n) is 1.47. The zero-order chi connectivity index (χ0) is 9.68. The number of carbonyl (C=O) groups is 1. The zero-order valence-electron chi connectivity index (χ0n) is 7.57. The normalized spacial score (nSPS) is 25.7. The first-order valence-corrected chi connectivity index (χ1v) is 4.93. The topological polar surface area (TPSA) is 59.9 Å². The molecular weight excluding hydrogens is 192 g/mol. The van der Waals surface area contributed by atoms with Gasteiger partial charge in [0.25, 0.3) is 0 Å². The molecule has 0 aliphatic carbocycles. The summed E-state index contributed by atoms with van der Waals surface area (Å²) in [7, 11) is 1.48. The van der Waals surface area contributed by atoms with Gasteiger partial charge in [-0.15, -0.1) is 11.8 Å². The second-order valence-electron chi connectivity index (χ2n) is 2.42. The highest BCUT2D eigenvalue weighted by atomic mass is 32.2. The standard InChI is InChI=1S/C7H12N2O3S/c1-5-6(13-4-3-11-5)9-12-7(10)8-2/h5H,3-4H2,1-2H3,(H,8,10). The van der Waals surface area contributed by atoms with Crippen LogP contribution >= 0.6 is 11.8 Å². The highest BCUT2D eigenvalue weighted by molar-refractivity contribution is 8.14. The van der Waals surface area contributed by atoms with Gasteiger partial charge in [0.05, 0.1) is 6.61 Å². The molecule has 1 heterocycles. The molecule has 1 atom stereocenters. The van der Waals surface area contributed by atoms with Crippen molar-refractivity contribution in [1.29, 1.82) is 0 Å². The Morgan fingerprint density at radius 3 is 3.23 bits per heavy atom. The minimum atomic E-state index is -0.564. The maximum absolute atomic E-state index is 10.7. The van der Waals surface area contributed by atoms with Crippen LogP contribution in [0, 0.1) is 0 Å². The first-order chi connectivity index (χ1) is 6.24. The summed E-state index contributed by atoms with van der Waals surface area (Å²) in [6.07, 6.45) is -0.644. The molecule has 0 bridgehead atoms. The van der Waals surface area contributed by atoms with Gasteiger partial charge in [0.15, 0.2) is 0 Å². The Kier molecular flexibility index (Phi) is 4.04. The summed E-state index contributed by atoms with van der Waals surface area (Å²) in [4.78, 5) is 15.2. The van der Waals surface area contributed by atoms with E-state index >= 15 is 0 Å². The van der Waals surface area contributed by atoms with Gasteiger partial charge in [-0.25, -0.2) is 4.79 Å². The van der Waals surface area contributed by atoms with Gasteiger partial charge < -0.3 is 10.1 Å². The van der Waals surface area contributed by atoms with E-state index in [0.29, 0.717) is 11.7 Å². The van der Waals surface area contributed by atoms with Crippen LogP contribution in [0.15, 0.2) is 5.16 Å². The minimum Gasteiger partial charge on any atom is -0.371 e. The summed E-state index contributed by atoms with van der Waals surface area (Å²) in [5.41, 5.74) is 0. The molecule has 0 aromatic rings. The van der Waals surface area contributed by atoms with Gasteiger partial charge in [0, 0.05) is 12.8 Å². The van der Waals surface area contributed by atoms with E-state index in [-0.39, 0.29) is 6.10 Å². The molecule has 0 spiro atoms. The van der Waals surface area contributed by atoms with Gasteiger partial charge in [-0.1, -0.05) is 5.16 Å². The summed E-state index contributed by atoms with van der Waals surface area (Å²) in [5, 5.41) is 6.68. The molecule has 1 rings (SSSR count). The van der Waals surface area contributed by atoms with Crippen molar-refractivity contribution >= 4 is 22.9 Å². The zero-order valence-corrected chi connectivity index (χ0v) is 8.39. The summed E-state index contributed by atoms with van der Waals surface area (Å²) in [5.74, 6) is 0.847. The number of oxime groups is 1. The quantitative estimate of drug-likeness (QED) is 0.507. The van der Waals surface area contributed by atoms with Crippen LogP contribution in [0.4, 0.5) is 4.79 Å². The lowest BCUT2D eigenvalue weighted by Crippen LogP contribution is -2.26. The number of rotatable bonds is 1. The second-order valence-corrected chi connectivity index (χ2v) is 3.53. The van der Waals surface area contributed by atoms with Gasteiger partial charge in [-0.2, -0.15) is 0 Å². The second kappa shape index (κ2) is 5.08. The molecule has 6 heteroatoms. The van der Waals surface area contributed by atoms with Gasteiger partial charge in [0.2, 0.25) is 0 Å². The van der Waals surface area contributed by atoms with E-state index in [9.17, 15) is 4.79 Å². The first-order valence-electron chi connectivity index (χ1n) is 3.95. The Labute approximate surface area is 80.8 Å². The summed E-state index contributed by atoms with van der Waals surface area (Å²) in [6.45, 7) is 2.59. The lowest BCUT2D eigenvalue weighted by atomic mass is 10.4. The Bertz CT molecular complexity index is 220. The molecule has 1 unspecified atom stereocenters. The number of hydrogen-bond acceptors (Lipinski definition) is 5. The van der Waals surface area contributed by atoms with E-state index in [2.05, 4.69) is 15.3 Å². The predicted octanol–water partition coefficient (Wildman–Crippen LogP) is 0.808. The molecule has 1 aliphatic rings. The van der Waals surface area contributed by atoms with Crippen LogP contribution in [0.5, 0.6) is 0 Å². The van der Waals surface area contributed by atoms with Crippen LogP contribution in [0.3, 0.4) is 0 Å². The molecule has 0 saturated carbocycles. The molecule has 1 fully saturated rings. The van der Waals surface area contributed by atoms with Gasteiger partial charge >= 0.3 is 6.09 Å². The maximum Gasteiger partial charge on any atom is 0.433 e. The molecule has 0 aromatic heterocycles. The molecule has 0 radical (unpaired) electrons. The third kappa shape index (κ3) is 3.23. The Balaban J connectivity index is 2.43. The minimum absolute atomic E-state index is 0.0802. The van der Waals surface area contributed by atoms with Gasteiger partial charge in [-0.05, 0) is 6.92 Å². The van der Waals surface area contributed by atoms with Crippen molar-refractivity contribution in [2.75, 3.05) is 19.4 Å². The van der Waals surface area contributed by atoms with Crippen LogP contribution in [-0.4, -0.2) is 36.6 Å². The number of thioether (sulfide) groups is 1. The fourth-order valence-corrected chi connectivity index (χ4v) is 1.57. The molecule has 1 saturated heterocycles. The predicted molar refractivity (Wildman–Crippen MR) is 50.8 cm³/mol. The Morgan fingerprint density at radius 2 is 2.62 bits per heavy atom. The van der Waals surface area contributed by atoms with Crippen molar-refractivity contribution in [3.63, 3.8) is 0 Å². The molecule has 5 nitrogen and oxygen atoms in total. The molecule has 1 N–H and O–H groups in total. The summed E-state index contributed by atoms with van der Waals surface area (Å²) < 4.78 is 5.29. The van der Waals surface area contributed by atoms with E-state index in [0.717, 1.165) is 5.75 Å². The van der Waals surface area contributed by atoms with Gasteiger partial charge in [0.1, 0.15) is 11.1 Å². The summed E-state index contributed by atoms with van der Waals surface area (Å²) >= 11 is 1.54. The number of nitrogens with zero attached hydrogens (tertiary/aromatic N) is 1. The maximum atomic E-state index is 10.7. The number of carbonyl (C=O) groups excluding carboxylic acids is 1. The molecular formula is C7H12N2O3S. The highest BCUT2D eigenvalue weighted by Gasteiger charge is 2.18. The molecule has 13 heavy (non-hydrogen) atoms. The van der Waals surface area contributed by atoms with Crippen molar-refractivity contribution < 1.29 is 14.4 Å². The van der Waals surface area contributed by atoms with Crippen LogP contribution in [0.2, 0.25) is 0 Å². The van der Waals surface area contributed by atoms with Crippen LogP contribution in [0.1, 0.15) is 6.92 Å². The van der Waals surface area contributed by atoms with Crippen LogP contribution < -0.4 is 5.32 Å². The molecule has 1 amide bonds. The fourth-order valence-electron chi connectivity index (χ4n) is 0.792. The van der Waals surface area contributed by atoms with Crippen molar-refractivity contribution in [2.24, 2.45) is 5.16 Å². The molecule has 0 aromatic carbocycles. The van der Waals surface area contributed by atoms with E-state index in [1.165, 1.54) is 7.05 Å². The number of amides is 1. The van der Waals surface area contributed by atoms with Crippen molar-refractivity contribution in [3.05, 3.63) is 0 Å². The Hall–Kier alpha value is -0.750. The molecule has 1 aliphatic heterocycles. The molecule has 74 valence electrons. The van der Waals surface area contributed by atoms with Crippen LogP contribution in [0.25, 0.3) is 0 Å². The van der Waals surface area contributed by atoms with E-state index in [4.69, 9.17) is 4.74 Å². The smallest absolute Gasteiger partial charge is 0.371 e. The number of nitrogens with one attached hydrogen (secondary N) is 1. The third-order valence-corrected chi connectivity index (χ3v) is 2.54. The highest BCUT2D eigenvalue weighted by Crippen LogP contribution is 2.16. The van der Waals surface area contributed by atoms with Crippen molar-refractivity contribution in [1.82, 2.24) is 5.32 Å². The lowest BCUT2D eigenvalue weighted by Gasteiger charge is -2.19. The fraction of sp³-hybridized carbons (Fsp3) is 0.714. The largest absolute Gasteiger partial charge is 0.433 e. The van der Waals surface area contributed by atoms with E-state index < -0.39 is 6.09 Å². The Morgan fingerprint density at radius 1 is 1.85 bits per heavy atom. The van der Waals surface area contributed by atoms with Crippen molar-refractivity contribution in [3.8, 4) is 0 Å². The van der Waals surface area contributed by atoms with Crippen molar-refractivity contribution in [2.45, 2.75) is 13.0 Å². The SMILES string of the molecule is CNC(=O)ON=C1SCCOC1C. The summed E-state index contributed by atoms with van der Waals surface area (Å²) in [6, 6.07) is 0. The average molecular weight is 204 g/mol. The lowest BCUT2D eigenvalue weighted by molar-refractivity contribution is 0.116. The number of ether oxygens (including phenoxy) is 1. The van der Waals surface area contributed by atoms with E-state index in [1.807, 2.05) is 6.92 Å². The van der Waals surface area contributed by atoms with E-state index in [1.54, 1.807) is 11.8 Å². The monoisotopic (exact) mass is 204 g/mol. The van der Waals surface area contributed by atoms with Gasteiger partial charge in [-0.3, -0.25) is 4.84 Å².